The second-order valence-electron chi connectivity index (χ2n) is 7.95. The van der Waals surface area contributed by atoms with Crippen LogP contribution in [0.3, 0.4) is 0 Å². The van der Waals surface area contributed by atoms with Gasteiger partial charge in [0.2, 0.25) is 5.91 Å². The highest BCUT2D eigenvalue weighted by molar-refractivity contribution is 5.81. The first-order chi connectivity index (χ1) is 13.2. The first-order valence-electron chi connectivity index (χ1n) is 10.2. The average Bonchev–Trinajstić information content (AvgIpc) is 3.20. The van der Waals surface area contributed by atoms with E-state index in [4.69, 9.17) is 4.74 Å². The predicted octanol–water partition coefficient (Wildman–Crippen LogP) is 1.51. The van der Waals surface area contributed by atoms with Gasteiger partial charge in [0.15, 0.2) is 0 Å². The lowest BCUT2D eigenvalue weighted by atomic mass is 9.72. The number of piperazine rings is 1. The van der Waals surface area contributed by atoms with Crippen molar-refractivity contribution in [3.8, 4) is 0 Å². The highest BCUT2D eigenvalue weighted by atomic mass is 16.5. The summed E-state index contributed by atoms with van der Waals surface area (Å²) in [5.74, 6) is 0.201. The van der Waals surface area contributed by atoms with Gasteiger partial charge in [-0.15, -0.1) is 0 Å². The largest absolute Gasteiger partial charge is 0.368 e. The van der Waals surface area contributed by atoms with Crippen LogP contribution in [0.4, 0.5) is 0 Å². The summed E-state index contributed by atoms with van der Waals surface area (Å²) in [6.07, 6.45) is 4.73. The molecule has 2 heterocycles. The third kappa shape index (κ3) is 4.01. The third-order valence-corrected chi connectivity index (χ3v) is 6.17. The summed E-state index contributed by atoms with van der Waals surface area (Å²) in [5.41, 5.74) is 1.02. The zero-order valence-electron chi connectivity index (χ0n) is 15.9. The Morgan fingerprint density at radius 3 is 2.41 bits per heavy atom. The molecule has 0 radical (unpaired) electrons. The lowest BCUT2D eigenvalue weighted by Gasteiger charge is -2.44. The summed E-state index contributed by atoms with van der Waals surface area (Å²) in [6.45, 7) is 3.93. The molecule has 4 rings (SSSR count). The number of ether oxygens (including phenoxy) is 1. The molecule has 6 heteroatoms. The molecule has 3 aliphatic rings. The summed E-state index contributed by atoms with van der Waals surface area (Å²) < 4.78 is 5.51. The van der Waals surface area contributed by atoms with Gasteiger partial charge in [0.05, 0.1) is 12.1 Å². The molecule has 1 aromatic rings. The van der Waals surface area contributed by atoms with Crippen LogP contribution in [0.5, 0.6) is 0 Å². The van der Waals surface area contributed by atoms with Crippen molar-refractivity contribution >= 4 is 11.8 Å². The topological polar surface area (TPSA) is 61.9 Å². The van der Waals surface area contributed by atoms with Crippen LogP contribution in [0.2, 0.25) is 0 Å². The van der Waals surface area contributed by atoms with E-state index in [2.05, 4.69) is 22.3 Å². The van der Waals surface area contributed by atoms with E-state index < -0.39 is 0 Å². The molecule has 1 aliphatic carbocycles. The molecular formula is C21H29N3O3. The van der Waals surface area contributed by atoms with Crippen molar-refractivity contribution < 1.29 is 14.3 Å². The van der Waals surface area contributed by atoms with E-state index in [1.165, 1.54) is 5.56 Å². The van der Waals surface area contributed by atoms with E-state index in [-0.39, 0.29) is 23.5 Å². The number of benzene rings is 1. The first-order valence-corrected chi connectivity index (χ1v) is 10.2. The van der Waals surface area contributed by atoms with Gasteiger partial charge < -0.3 is 15.0 Å². The Hall–Kier alpha value is -1.92. The molecule has 2 amide bonds. The molecule has 0 aromatic heterocycles. The third-order valence-electron chi connectivity index (χ3n) is 6.17. The van der Waals surface area contributed by atoms with Gasteiger partial charge >= 0.3 is 0 Å². The summed E-state index contributed by atoms with van der Waals surface area (Å²) in [4.78, 5) is 29.1. The van der Waals surface area contributed by atoms with Crippen molar-refractivity contribution in [3.05, 3.63) is 35.9 Å². The smallest absolute Gasteiger partial charge is 0.251 e. The fourth-order valence-corrected chi connectivity index (χ4v) is 4.39. The number of nitrogens with one attached hydrogen (secondary N) is 1. The van der Waals surface area contributed by atoms with E-state index in [1.54, 1.807) is 0 Å². The summed E-state index contributed by atoms with van der Waals surface area (Å²) >= 11 is 0. The van der Waals surface area contributed by atoms with Crippen LogP contribution in [0, 0.1) is 0 Å². The van der Waals surface area contributed by atoms with Crippen molar-refractivity contribution in [1.29, 1.82) is 0 Å². The zero-order chi connectivity index (χ0) is 18.7. The van der Waals surface area contributed by atoms with Crippen LogP contribution in [0.25, 0.3) is 0 Å². The van der Waals surface area contributed by atoms with Gasteiger partial charge in [-0.05, 0) is 37.7 Å². The number of hydrogen-bond acceptors (Lipinski definition) is 4. The number of nitrogens with zero attached hydrogens (tertiary/aromatic N) is 2. The van der Waals surface area contributed by atoms with Crippen LogP contribution in [-0.2, 0) is 19.9 Å². The maximum absolute atomic E-state index is 12.7. The fourth-order valence-electron chi connectivity index (χ4n) is 4.39. The minimum Gasteiger partial charge on any atom is -0.368 e. The molecule has 1 atom stereocenters. The molecule has 27 heavy (non-hydrogen) atoms. The van der Waals surface area contributed by atoms with Crippen molar-refractivity contribution in [3.63, 3.8) is 0 Å². The Morgan fingerprint density at radius 2 is 1.81 bits per heavy atom. The Kier molecular flexibility index (Phi) is 5.45. The molecule has 146 valence electrons. The van der Waals surface area contributed by atoms with Crippen molar-refractivity contribution in [2.24, 2.45) is 0 Å². The maximum Gasteiger partial charge on any atom is 0.251 e. The summed E-state index contributed by atoms with van der Waals surface area (Å²) in [7, 11) is 0. The fraction of sp³-hybridized carbons (Fsp3) is 0.619. The van der Waals surface area contributed by atoms with Gasteiger partial charge in [-0.25, -0.2) is 0 Å². The van der Waals surface area contributed by atoms with Gasteiger partial charge in [-0.2, -0.15) is 0 Å². The standard InChI is InChI=1S/C21H29N3O3/c25-19(22-21(9-5-10-21)17-6-2-1-3-7-17)16-23-11-13-24(14-12-23)20(26)18-8-4-15-27-18/h1-3,6-7,18H,4-5,8-16H2,(H,22,25). The van der Waals surface area contributed by atoms with E-state index in [0.29, 0.717) is 26.2 Å². The normalized spacial score (nSPS) is 25.0. The number of rotatable bonds is 5. The minimum absolute atomic E-state index is 0.0810. The molecule has 0 spiro atoms. The van der Waals surface area contributed by atoms with Gasteiger partial charge in [0, 0.05) is 32.8 Å². The molecular weight excluding hydrogens is 342 g/mol. The monoisotopic (exact) mass is 371 g/mol. The quantitative estimate of drug-likeness (QED) is 0.852. The Labute approximate surface area is 160 Å². The lowest BCUT2D eigenvalue weighted by molar-refractivity contribution is -0.142. The van der Waals surface area contributed by atoms with Crippen LogP contribution in [0.1, 0.15) is 37.7 Å². The Bertz CT molecular complexity index is 661. The highest BCUT2D eigenvalue weighted by Gasteiger charge is 2.40. The van der Waals surface area contributed by atoms with Crippen molar-refractivity contribution in [2.75, 3.05) is 39.3 Å². The van der Waals surface area contributed by atoms with E-state index in [9.17, 15) is 9.59 Å². The van der Waals surface area contributed by atoms with E-state index >= 15 is 0 Å². The van der Waals surface area contributed by atoms with Gasteiger partial charge in [0.25, 0.3) is 5.91 Å². The molecule has 1 N–H and O–H groups in total. The van der Waals surface area contributed by atoms with Crippen LogP contribution in [-0.4, -0.2) is 67.0 Å². The van der Waals surface area contributed by atoms with Gasteiger partial charge in [-0.1, -0.05) is 30.3 Å². The molecule has 0 bridgehead atoms. The van der Waals surface area contributed by atoms with E-state index in [0.717, 1.165) is 45.2 Å². The molecule has 6 nitrogen and oxygen atoms in total. The molecule has 1 unspecified atom stereocenters. The second-order valence-corrected chi connectivity index (χ2v) is 7.95. The van der Waals surface area contributed by atoms with Crippen LogP contribution < -0.4 is 5.32 Å². The predicted molar refractivity (Wildman–Crippen MR) is 102 cm³/mol. The van der Waals surface area contributed by atoms with Crippen LogP contribution in [0.15, 0.2) is 30.3 Å². The number of hydrogen-bond donors (Lipinski definition) is 1. The zero-order valence-corrected chi connectivity index (χ0v) is 15.9. The lowest BCUT2D eigenvalue weighted by Crippen LogP contribution is -2.56. The molecule has 2 saturated heterocycles. The average molecular weight is 371 g/mol. The molecule has 1 saturated carbocycles. The maximum atomic E-state index is 12.7. The highest BCUT2D eigenvalue weighted by Crippen LogP contribution is 2.41. The summed E-state index contributed by atoms with van der Waals surface area (Å²) in [5, 5.41) is 3.29. The van der Waals surface area contributed by atoms with Gasteiger partial charge in [0.1, 0.15) is 6.10 Å². The van der Waals surface area contributed by atoms with Gasteiger partial charge in [-0.3, -0.25) is 14.5 Å². The number of carbonyl (C=O) groups excluding carboxylic acids is 2. The Balaban J connectivity index is 1.26. The summed E-state index contributed by atoms with van der Waals surface area (Å²) in [6, 6.07) is 10.3. The van der Waals surface area contributed by atoms with Crippen molar-refractivity contribution in [1.82, 2.24) is 15.1 Å². The van der Waals surface area contributed by atoms with E-state index in [1.807, 2.05) is 23.1 Å². The molecule has 1 aromatic carbocycles. The number of carbonyl (C=O) groups is 2. The Morgan fingerprint density at radius 1 is 1.07 bits per heavy atom. The SMILES string of the molecule is O=C(CN1CCN(C(=O)C2CCCO2)CC1)NC1(c2ccccc2)CCC1. The minimum atomic E-state index is -0.246. The molecule has 2 aliphatic heterocycles. The molecule has 3 fully saturated rings. The first kappa shape index (κ1) is 18.4. The second kappa shape index (κ2) is 7.98. The number of amides is 2. The van der Waals surface area contributed by atoms with Crippen molar-refractivity contribution in [2.45, 2.75) is 43.7 Å². The van der Waals surface area contributed by atoms with Crippen LogP contribution >= 0.6 is 0 Å².